The first-order valence-corrected chi connectivity index (χ1v) is 7.20. The van der Waals surface area contributed by atoms with E-state index in [-0.39, 0.29) is 6.04 Å². The minimum Gasteiger partial charge on any atom is -0.492 e. The van der Waals surface area contributed by atoms with E-state index in [1.54, 1.807) is 6.07 Å². The second kappa shape index (κ2) is 7.31. The van der Waals surface area contributed by atoms with Crippen molar-refractivity contribution >= 4 is 11.6 Å². The van der Waals surface area contributed by atoms with E-state index >= 15 is 0 Å². The topological polar surface area (TPSA) is 53.1 Å². The highest BCUT2D eigenvalue weighted by Gasteiger charge is 2.10. The van der Waals surface area contributed by atoms with E-state index in [0.717, 1.165) is 24.5 Å². The fraction of sp³-hybridized carbons (Fsp3) is 0.400. The van der Waals surface area contributed by atoms with Crippen molar-refractivity contribution in [1.29, 1.82) is 0 Å². The number of rotatable bonds is 7. The Labute approximate surface area is 124 Å². The minimum absolute atomic E-state index is 0.0908. The summed E-state index contributed by atoms with van der Waals surface area (Å²) < 4.78 is 7.79. The van der Waals surface area contributed by atoms with Gasteiger partial charge in [0.25, 0.3) is 0 Å². The third kappa shape index (κ3) is 4.25. The predicted molar refractivity (Wildman–Crippen MR) is 81.1 cm³/mol. The van der Waals surface area contributed by atoms with Gasteiger partial charge in [0.1, 0.15) is 18.2 Å². The monoisotopic (exact) mass is 293 g/mol. The van der Waals surface area contributed by atoms with Gasteiger partial charge < -0.3 is 15.0 Å². The molecular weight excluding hydrogens is 274 g/mol. The zero-order valence-corrected chi connectivity index (χ0v) is 12.4. The molecule has 0 aliphatic heterocycles. The summed E-state index contributed by atoms with van der Waals surface area (Å²) in [5.41, 5.74) is 6.10. The van der Waals surface area contributed by atoms with Crippen molar-refractivity contribution in [1.82, 2.24) is 9.55 Å². The summed E-state index contributed by atoms with van der Waals surface area (Å²) >= 11 is 5.91. The van der Waals surface area contributed by atoms with Gasteiger partial charge in [0, 0.05) is 36.4 Å². The molecule has 0 aliphatic rings. The van der Waals surface area contributed by atoms with Crippen LogP contribution in [-0.4, -0.2) is 22.2 Å². The smallest absolute Gasteiger partial charge is 0.120 e. The lowest BCUT2D eigenvalue weighted by atomic mass is 10.2. The van der Waals surface area contributed by atoms with Crippen molar-refractivity contribution in [2.45, 2.75) is 32.4 Å². The largest absolute Gasteiger partial charge is 0.492 e. The molecule has 1 aromatic heterocycles. The minimum atomic E-state index is -0.0908. The number of hydrogen-bond donors (Lipinski definition) is 1. The molecule has 1 heterocycles. The molecule has 1 aromatic carbocycles. The zero-order chi connectivity index (χ0) is 14.4. The third-order valence-corrected chi connectivity index (χ3v) is 3.21. The Morgan fingerprint density at radius 2 is 2.30 bits per heavy atom. The number of nitrogens with zero attached hydrogens (tertiary/aromatic N) is 2. The van der Waals surface area contributed by atoms with Gasteiger partial charge in [-0.1, -0.05) is 24.6 Å². The maximum atomic E-state index is 6.10. The Morgan fingerprint density at radius 1 is 1.45 bits per heavy atom. The first kappa shape index (κ1) is 14.9. The standard InChI is InChI=1S/C15H20ClN3O/c1-2-7-19-8-6-18-15(19)10-13(17)11-20-14-5-3-4-12(16)9-14/h3-6,8-9,13H,2,7,10-11,17H2,1H3. The second-order valence-corrected chi connectivity index (χ2v) is 5.21. The molecule has 1 unspecified atom stereocenters. The molecule has 108 valence electrons. The van der Waals surface area contributed by atoms with Crippen molar-refractivity contribution in [3.8, 4) is 5.75 Å². The number of aryl methyl sites for hydroxylation is 1. The molecule has 0 saturated heterocycles. The molecule has 0 fully saturated rings. The maximum Gasteiger partial charge on any atom is 0.120 e. The number of imidazole rings is 1. The van der Waals surface area contributed by atoms with Crippen LogP contribution in [0.2, 0.25) is 5.02 Å². The maximum absolute atomic E-state index is 6.10. The summed E-state index contributed by atoms with van der Waals surface area (Å²) in [6.07, 6.45) is 5.59. The molecule has 0 spiro atoms. The average Bonchev–Trinajstić information content (AvgIpc) is 2.84. The molecule has 5 heteroatoms. The van der Waals surface area contributed by atoms with E-state index in [1.807, 2.05) is 30.6 Å². The van der Waals surface area contributed by atoms with Crippen molar-refractivity contribution < 1.29 is 4.74 Å². The fourth-order valence-corrected chi connectivity index (χ4v) is 2.21. The van der Waals surface area contributed by atoms with Gasteiger partial charge in [0.15, 0.2) is 0 Å². The third-order valence-electron chi connectivity index (χ3n) is 2.97. The highest BCUT2D eigenvalue weighted by atomic mass is 35.5. The molecule has 0 aliphatic carbocycles. The summed E-state index contributed by atoms with van der Waals surface area (Å²) in [5.74, 6) is 1.75. The first-order valence-electron chi connectivity index (χ1n) is 6.83. The van der Waals surface area contributed by atoms with Crippen LogP contribution >= 0.6 is 11.6 Å². The molecule has 2 N–H and O–H groups in total. The summed E-state index contributed by atoms with van der Waals surface area (Å²) in [4.78, 5) is 4.35. The van der Waals surface area contributed by atoms with E-state index < -0.39 is 0 Å². The van der Waals surface area contributed by atoms with Crippen molar-refractivity contribution in [2.75, 3.05) is 6.61 Å². The Bertz CT molecular complexity index is 541. The van der Waals surface area contributed by atoms with Crippen LogP contribution in [-0.2, 0) is 13.0 Å². The normalized spacial score (nSPS) is 12.3. The van der Waals surface area contributed by atoms with Gasteiger partial charge >= 0.3 is 0 Å². The lowest BCUT2D eigenvalue weighted by molar-refractivity contribution is 0.285. The highest BCUT2D eigenvalue weighted by molar-refractivity contribution is 6.30. The Hall–Kier alpha value is -1.52. The number of nitrogens with two attached hydrogens (primary N) is 1. The van der Waals surface area contributed by atoms with Gasteiger partial charge in [-0.15, -0.1) is 0 Å². The molecule has 0 bridgehead atoms. The summed E-state index contributed by atoms with van der Waals surface area (Å²) in [6.45, 7) is 3.56. The van der Waals surface area contributed by atoms with Crippen LogP contribution in [0.15, 0.2) is 36.7 Å². The zero-order valence-electron chi connectivity index (χ0n) is 11.6. The summed E-state index contributed by atoms with van der Waals surface area (Å²) in [7, 11) is 0. The van der Waals surface area contributed by atoms with Gasteiger partial charge in [0.05, 0.1) is 0 Å². The number of aromatic nitrogens is 2. The highest BCUT2D eigenvalue weighted by Crippen LogP contribution is 2.17. The van der Waals surface area contributed by atoms with Crippen LogP contribution < -0.4 is 10.5 Å². The molecule has 1 atom stereocenters. The molecule has 20 heavy (non-hydrogen) atoms. The molecule has 2 rings (SSSR count). The summed E-state index contributed by atoms with van der Waals surface area (Å²) in [5, 5.41) is 0.662. The van der Waals surface area contributed by atoms with Crippen LogP contribution in [0.1, 0.15) is 19.2 Å². The van der Waals surface area contributed by atoms with Crippen molar-refractivity contribution in [3.63, 3.8) is 0 Å². The number of benzene rings is 1. The lowest BCUT2D eigenvalue weighted by Crippen LogP contribution is -2.31. The summed E-state index contributed by atoms with van der Waals surface area (Å²) in [6, 6.07) is 7.24. The van der Waals surface area contributed by atoms with Gasteiger partial charge in [0.2, 0.25) is 0 Å². The SMILES string of the molecule is CCCn1ccnc1CC(N)COc1cccc(Cl)c1. The molecule has 4 nitrogen and oxygen atoms in total. The first-order chi connectivity index (χ1) is 9.69. The van der Waals surface area contributed by atoms with Crippen LogP contribution in [0.3, 0.4) is 0 Å². The predicted octanol–water partition coefficient (Wildman–Crippen LogP) is 2.90. The Balaban J connectivity index is 1.86. The van der Waals surface area contributed by atoms with E-state index in [0.29, 0.717) is 18.1 Å². The van der Waals surface area contributed by atoms with Gasteiger partial charge in [-0.3, -0.25) is 0 Å². The fourth-order valence-electron chi connectivity index (χ4n) is 2.03. The van der Waals surface area contributed by atoms with Crippen LogP contribution in [0.25, 0.3) is 0 Å². The molecule has 0 amide bonds. The molecule has 0 saturated carbocycles. The number of ether oxygens (including phenoxy) is 1. The van der Waals surface area contributed by atoms with Crippen LogP contribution in [0, 0.1) is 0 Å². The van der Waals surface area contributed by atoms with E-state index in [9.17, 15) is 0 Å². The lowest BCUT2D eigenvalue weighted by Gasteiger charge is -2.14. The van der Waals surface area contributed by atoms with Gasteiger partial charge in [-0.25, -0.2) is 4.98 Å². The van der Waals surface area contributed by atoms with Gasteiger partial charge in [-0.2, -0.15) is 0 Å². The van der Waals surface area contributed by atoms with Crippen LogP contribution in [0.4, 0.5) is 0 Å². The van der Waals surface area contributed by atoms with E-state index in [4.69, 9.17) is 22.1 Å². The second-order valence-electron chi connectivity index (χ2n) is 4.77. The quantitative estimate of drug-likeness (QED) is 0.854. The van der Waals surface area contributed by atoms with E-state index in [2.05, 4.69) is 16.5 Å². The van der Waals surface area contributed by atoms with E-state index in [1.165, 1.54) is 0 Å². The van der Waals surface area contributed by atoms with Crippen LogP contribution in [0.5, 0.6) is 5.75 Å². The average molecular weight is 294 g/mol. The molecule has 0 radical (unpaired) electrons. The molecule has 2 aromatic rings. The van der Waals surface area contributed by atoms with Gasteiger partial charge in [-0.05, 0) is 24.6 Å². The Morgan fingerprint density at radius 3 is 3.05 bits per heavy atom. The molecular formula is C15H20ClN3O. The van der Waals surface area contributed by atoms with Crippen molar-refractivity contribution in [3.05, 3.63) is 47.5 Å². The number of hydrogen-bond acceptors (Lipinski definition) is 3. The number of halogens is 1. The van der Waals surface area contributed by atoms with Crippen molar-refractivity contribution in [2.24, 2.45) is 5.73 Å². The Kier molecular flexibility index (Phi) is 5.44.